The molecule has 0 spiro atoms. The number of amides is 1. The molecule has 0 saturated carbocycles. The Kier molecular flexibility index (Phi) is 4.68. The zero-order chi connectivity index (χ0) is 15.6. The fourth-order valence-corrected chi connectivity index (χ4v) is 3.40. The smallest absolute Gasteiger partial charge is 0.254 e. The number of carbonyl (C=O) groups is 1. The van der Waals surface area contributed by atoms with E-state index in [0.717, 1.165) is 37.8 Å². The lowest BCUT2D eigenvalue weighted by Gasteiger charge is -2.35. The molecule has 1 aromatic rings. The summed E-state index contributed by atoms with van der Waals surface area (Å²) in [6.07, 6.45) is 4.06. The Bertz CT molecular complexity index is 640. The first-order chi connectivity index (χ1) is 9.84. The second kappa shape index (κ2) is 6.15. The summed E-state index contributed by atoms with van der Waals surface area (Å²) >= 11 is 0. The third kappa shape index (κ3) is 3.44. The van der Waals surface area contributed by atoms with E-state index in [4.69, 9.17) is 5.14 Å². The van der Waals surface area contributed by atoms with Crippen LogP contribution >= 0.6 is 0 Å². The topological polar surface area (TPSA) is 80.5 Å². The predicted octanol–water partition coefficient (Wildman–Crippen LogP) is 2.05. The Morgan fingerprint density at radius 2 is 2.10 bits per heavy atom. The van der Waals surface area contributed by atoms with Gasteiger partial charge in [0.25, 0.3) is 5.91 Å². The number of benzene rings is 1. The van der Waals surface area contributed by atoms with Gasteiger partial charge in [0.1, 0.15) is 0 Å². The van der Waals surface area contributed by atoms with Gasteiger partial charge in [-0.25, -0.2) is 13.6 Å². The van der Waals surface area contributed by atoms with Crippen molar-refractivity contribution in [3.63, 3.8) is 0 Å². The zero-order valence-corrected chi connectivity index (χ0v) is 13.3. The lowest BCUT2D eigenvalue weighted by Crippen LogP contribution is -2.43. The molecule has 0 aliphatic carbocycles. The first-order valence-electron chi connectivity index (χ1n) is 7.29. The van der Waals surface area contributed by atoms with Crippen molar-refractivity contribution in [2.45, 2.75) is 50.5 Å². The number of likely N-dealkylation sites (tertiary alicyclic amines) is 1. The first kappa shape index (κ1) is 16.0. The summed E-state index contributed by atoms with van der Waals surface area (Å²) in [6.45, 7) is 4.62. The SMILES string of the molecule is CCC1CCCCN1C(=O)c1cc(S(N)(=O)=O)ccc1C. The summed E-state index contributed by atoms with van der Waals surface area (Å²) < 4.78 is 22.9. The minimum absolute atomic E-state index is 0.0125. The summed E-state index contributed by atoms with van der Waals surface area (Å²) in [5, 5.41) is 5.16. The van der Waals surface area contributed by atoms with Crippen LogP contribution in [0.1, 0.15) is 48.5 Å². The molecule has 21 heavy (non-hydrogen) atoms. The van der Waals surface area contributed by atoms with Crippen LogP contribution in [-0.2, 0) is 10.0 Å². The highest BCUT2D eigenvalue weighted by molar-refractivity contribution is 7.89. The molecule has 1 atom stereocenters. The molecule has 1 amide bonds. The maximum atomic E-state index is 12.8. The monoisotopic (exact) mass is 310 g/mol. The summed E-state index contributed by atoms with van der Waals surface area (Å²) in [6, 6.07) is 4.71. The number of piperidine rings is 1. The number of nitrogens with two attached hydrogens (primary N) is 1. The summed E-state index contributed by atoms with van der Waals surface area (Å²) in [5.41, 5.74) is 1.20. The second-order valence-electron chi connectivity index (χ2n) is 5.58. The van der Waals surface area contributed by atoms with E-state index in [1.54, 1.807) is 6.07 Å². The lowest BCUT2D eigenvalue weighted by atomic mass is 9.98. The average Bonchev–Trinajstić information content (AvgIpc) is 2.45. The minimum atomic E-state index is -3.80. The maximum absolute atomic E-state index is 12.8. The number of rotatable bonds is 3. The van der Waals surface area contributed by atoms with E-state index in [-0.39, 0.29) is 16.8 Å². The Balaban J connectivity index is 2.38. The number of aryl methyl sites for hydroxylation is 1. The van der Waals surface area contributed by atoms with Gasteiger partial charge in [0.05, 0.1) is 4.90 Å². The first-order valence-corrected chi connectivity index (χ1v) is 8.83. The maximum Gasteiger partial charge on any atom is 0.254 e. The molecule has 1 unspecified atom stereocenters. The molecule has 116 valence electrons. The third-order valence-electron chi connectivity index (χ3n) is 4.13. The number of hydrogen-bond donors (Lipinski definition) is 1. The molecule has 1 aliphatic rings. The molecule has 1 heterocycles. The minimum Gasteiger partial charge on any atom is -0.336 e. The van der Waals surface area contributed by atoms with E-state index in [1.807, 2.05) is 11.8 Å². The van der Waals surface area contributed by atoms with Gasteiger partial charge in [-0.3, -0.25) is 4.79 Å². The summed E-state index contributed by atoms with van der Waals surface area (Å²) in [4.78, 5) is 14.6. The molecule has 1 fully saturated rings. The van der Waals surface area contributed by atoms with E-state index in [2.05, 4.69) is 6.92 Å². The molecule has 0 bridgehead atoms. The highest BCUT2D eigenvalue weighted by atomic mass is 32.2. The van der Waals surface area contributed by atoms with E-state index in [0.29, 0.717) is 5.56 Å². The second-order valence-corrected chi connectivity index (χ2v) is 7.14. The number of carbonyl (C=O) groups excluding carboxylic acids is 1. The van der Waals surface area contributed by atoms with Gasteiger partial charge in [-0.1, -0.05) is 13.0 Å². The standard InChI is InChI=1S/C15H22N2O3S/c1-3-12-6-4-5-9-17(12)15(18)14-10-13(21(16,19)20)8-7-11(14)2/h7-8,10,12H,3-6,9H2,1-2H3,(H2,16,19,20). The Hall–Kier alpha value is -1.40. The molecule has 0 radical (unpaired) electrons. The van der Waals surface area contributed by atoms with Crippen molar-refractivity contribution in [1.82, 2.24) is 4.90 Å². The molecule has 2 rings (SSSR count). The fraction of sp³-hybridized carbons (Fsp3) is 0.533. The van der Waals surface area contributed by atoms with E-state index < -0.39 is 10.0 Å². The summed E-state index contributed by atoms with van der Waals surface area (Å²) in [5.74, 6) is -0.0930. The quantitative estimate of drug-likeness (QED) is 0.927. The predicted molar refractivity (Wildman–Crippen MR) is 81.5 cm³/mol. The lowest BCUT2D eigenvalue weighted by molar-refractivity contribution is 0.0607. The molecule has 1 aliphatic heterocycles. The highest BCUT2D eigenvalue weighted by Gasteiger charge is 2.27. The van der Waals surface area contributed by atoms with Crippen LogP contribution in [-0.4, -0.2) is 31.8 Å². The highest BCUT2D eigenvalue weighted by Crippen LogP contribution is 2.24. The summed E-state index contributed by atoms with van der Waals surface area (Å²) in [7, 11) is -3.80. The van der Waals surface area contributed by atoms with Crippen molar-refractivity contribution in [2.75, 3.05) is 6.54 Å². The van der Waals surface area contributed by atoms with Gasteiger partial charge in [0.2, 0.25) is 10.0 Å². The van der Waals surface area contributed by atoms with Crippen LogP contribution in [0.3, 0.4) is 0 Å². The van der Waals surface area contributed by atoms with Crippen molar-refractivity contribution in [3.8, 4) is 0 Å². The third-order valence-corrected chi connectivity index (χ3v) is 5.04. The van der Waals surface area contributed by atoms with Crippen molar-refractivity contribution >= 4 is 15.9 Å². The molecular formula is C15H22N2O3S. The van der Waals surface area contributed by atoms with Gasteiger partial charge in [-0.15, -0.1) is 0 Å². The number of hydrogen-bond acceptors (Lipinski definition) is 3. The Labute approximate surface area is 126 Å². The Morgan fingerprint density at radius 3 is 2.71 bits per heavy atom. The van der Waals surface area contributed by atoms with Gasteiger partial charge in [-0.2, -0.15) is 0 Å². The van der Waals surface area contributed by atoms with Crippen LogP contribution in [0.4, 0.5) is 0 Å². The number of nitrogens with zero attached hydrogens (tertiary/aromatic N) is 1. The van der Waals surface area contributed by atoms with Crippen molar-refractivity contribution in [2.24, 2.45) is 5.14 Å². The van der Waals surface area contributed by atoms with Crippen LogP contribution in [0.2, 0.25) is 0 Å². The van der Waals surface area contributed by atoms with Crippen LogP contribution in [0, 0.1) is 6.92 Å². The van der Waals surface area contributed by atoms with E-state index in [9.17, 15) is 13.2 Å². The van der Waals surface area contributed by atoms with Crippen molar-refractivity contribution < 1.29 is 13.2 Å². The molecule has 1 aromatic carbocycles. The van der Waals surface area contributed by atoms with Gasteiger partial charge in [-0.05, 0) is 50.3 Å². The molecule has 1 saturated heterocycles. The van der Waals surface area contributed by atoms with E-state index >= 15 is 0 Å². The molecular weight excluding hydrogens is 288 g/mol. The fourth-order valence-electron chi connectivity index (χ4n) is 2.86. The average molecular weight is 310 g/mol. The van der Waals surface area contributed by atoms with Gasteiger partial charge in [0, 0.05) is 18.2 Å². The van der Waals surface area contributed by atoms with Crippen LogP contribution in [0.25, 0.3) is 0 Å². The number of primary sulfonamides is 1. The number of sulfonamides is 1. The van der Waals surface area contributed by atoms with Crippen LogP contribution in [0.5, 0.6) is 0 Å². The molecule has 5 nitrogen and oxygen atoms in total. The van der Waals surface area contributed by atoms with Gasteiger partial charge < -0.3 is 4.90 Å². The van der Waals surface area contributed by atoms with E-state index in [1.165, 1.54) is 12.1 Å². The van der Waals surface area contributed by atoms with Crippen molar-refractivity contribution in [3.05, 3.63) is 29.3 Å². The molecule has 0 aromatic heterocycles. The molecule has 2 N–H and O–H groups in total. The normalized spacial score (nSPS) is 19.6. The van der Waals surface area contributed by atoms with Crippen molar-refractivity contribution in [1.29, 1.82) is 0 Å². The zero-order valence-electron chi connectivity index (χ0n) is 12.5. The van der Waals surface area contributed by atoms with Gasteiger partial charge in [0.15, 0.2) is 0 Å². The molecule has 6 heteroatoms. The van der Waals surface area contributed by atoms with Gasteiger partial charge >= 0.3 is 0 Å². The Morgan fingerprint density at radius 1 is 1.38 bits per heavy atom. The van der Waals surface area contributed by atoms with Crippen LogP contribution < -0.4 is 5.14 Å². The van der Waals surface area contributed by atoms with Crippen LogP contribution in [0.15, 0.2) is 23.1 Å². The largest absolute Gasteiger partial charge is 0.336 e.